The molecule has 0 aromatic heterocycles. The number of rotatable bonds is 6. The lowest BCUT2D eigenvalue weighted by atomic mass is 10.0. The molecule has 1 aromatic rings. The Morgan fingerprint density at radius 1 is 1.26 bits per heavy atom. The van der Waals surface area contributed by atoms with E-state index in [-0.39, 0.29) is 18.1 Å². The van der Waals surface area contributed by atoms with Crippen molar-refractivity contribution in [3.63, 3.8) is 0 Å². The Bertz CT molecular complexity index is 420. The average Bonchev–Trinajstić information content (AvgIpc) is 2.45. The molecular weight excluding hydrogens is 242 g/mol. The van der Waals surface area contributed by atoms with E-state index in [0.717, 1.165) is 17.7 Å². The highest BCUT2D eigenvalue weighted by atomic mass is 16.5. The predicted octanol–water partition coefficient (Wildman–Crippen LogP) is 2.12. The minimum Gasteiger partial charge on any atom is -0.496 e. The number of benzene rings is 1. The van der Waals surface area contributed by atoms with Crippen LogP contribution < -0.4 is 4.74 Å². The van der Waals surface area contributed by atoms with E-state index < -0.39 is 0 Å². The van der Waals surface area contributed by atoms with Gasteiger partial charge in [0.05, 0.1) is 14.2 Å². The molecule has 0 heterocycles. The van der Waals surface area contributed by atoms with Crippen LogP contribution in [0, 0.1) is 0 Å². The summed E-state index contributed by atoms with van der Waals surface area (Å²) in [5.74, 6) is 0.669. The van der Waals surface area contributed by atoms with Crippen molar-refractivity contribution in [3.8, 4) is 5.75 Å². The first-order valence-electron chi connectivity index (χ1n) is 6.43. The van der Waals surface area contributed by atoms with Crippen molar-refractivity contribution in [2.45, 2.75) is 32.4 Å². The third kappa shape index (κ3) is 3.96. The molecule has 0 aliphatic carbocycles. The van der Waals surface area contributed by atoms with Gasteiger partial charge in [0.1, 0.15) is 11.8 Å². The van der Waals surface area contributed by atoms with Crippen LogP contribution in [0.3, 0.4) is 0 Å². The van der Waals surface area contributed by atoms with Crippen molar-refractivity contribution >= 4 is 5.97 Å². The molecule has 0 saturated heterocycles. The van der Waals surface area contributed by atoms with Crippen molar-refractivity contribution in [3.05, 3.63) is 29.8 Å². The minimum absolute atomic E-state index is 0.213. The van der Waals surface area contributed by atoms with Gasteiger partial charge in [0.25, 0.3) is 0 Å². The van der Waals surface area contributed by atoms with Gasteiger partial charge in [-0.3, -0.25) is 9.69 Å². The number of carbonyl (C=O) groups excluding carboxylic acids is 1. The minimum atomic E-state index is -0.255. The molecule has 106 valence electrons. The van der Waals surface area contributed by atoms with Crippen molar-refractivity contribution in [2.75, 3.05) is 21.3 Å². The van der Waals surface area contributed by atoms with E-state index in [9.17, 15) is 4.79 Å². The summed E-state index contributed by atoms with van der Waals surface area (Å²) in [6, 6.07) is 7.90. The van der Waals surface area contributed by atoms with Crippen molar-refractivity contribution in [1.82, 2.24) is 4.90 Å². The molecule has 0 aliphatic rings. The van der Waals surface area contributed by atoms with E-state index in [1.54, 1.807) is 7.11 Å². The van der Waals surface area contributed by atoms with Gasteiger partial charge in [-0.05, 0) is 38.9 Å². The van der Waals surface area contributed by atoms with E-state index in [1.165, 1.54) is 7.11 Å². The topological polar surface area (TPSA) is 38.8 Å². The number of hydrogen-bond donors (Lipinski definition) is 0. The number of para-hydroxylation sites is 1. The Kier molecular flexibility index (Phi) is 5.83. The molecule has 4 heteroatoms. The molecular formula is C15H23NO3. The van der Waals surface area contributed by atoms with E-state index in [4.69, 9.17) is 9.47 Å². The number of methoxy groups -OCH3 is 2. The molecule has 0 radical (unpaired) electrons. The highest BCUT2D eigenvalue weighted by Gasteiger charge is 2.23. The fraction of sp³-hybridized carbons (Fsp3) is 0.533. The van der Waals surface area contributed by atoms with Gasteiger partial charge in [0.15, 0.2) is 0 Å². The van der Waals surface area contributed by atoms with Gasteiger partial charge in [-0.15, -0.1) is 0 Å². The molecule has 0 aliphatic heterocycles. The van der Waals surface area contributed by atoms with Gasteiger partial charge in [-0.25, -0.2) is 0 Å². The van der Waals surface area contributed by atoms with Gasteiger partial charge in [0, 0.05) is 6.04 Å². The fourth-order valence-corrected chi connectivity index (χ4v) is 2.05. The van der Waals surface area contributed by atoms with E-state index in [1.807, 2.05) is 43.1 Å². The summed E-state index contributed by atoms with van der Waals surface area (Å²) in [4.78, 5) is 13.6. The van der Waals surface area contributed by atoms with Crippen LogP contribution in [-0.2, 0) is 16.0 Å². The smallest absolute Gasteiger partial charge is 0.322 e. The van der Waals surface area contributed by atoms with Crippen LogP contribution in [0.15, 0.2) is 24.3 Å². The molecule has 0 spiro atoms. The largest absolute Gasteiger partial charge is 0.496 e. The lowest BCUT2D eigenvalue weighted by Gasteiger charge is -2.29. The third-order valence-electron chi connectivity index (χ3n) is 3.56. The van der Waals surface area contributed by atoms with Gasteiger partial charge in [-0.1, -0.05) is 18.2 Å². The number of esters is 1. The van der Waals surface area contributed by atoms with Gasteiger partial charge in [0.2, 0.25) is 0 Å². The molecule has 0 saturated carbocycles. The standard InChI is InChI=1S/C15H23NO3/c1-11(16(3)12(2)15(17)19-5)10-13-8-6-7-9-14(13)18-4/h6-9,11-12H,10H2,1-5H3. The zero-order valence-electron chi connectivity index (χ0n) is 12.3. The maximum absolute atomic E-state index is 11.5. The van der Waals surface area contributed by atoms with E-state index in [2.05, 4.69) is 6.92 Å². The molecule has 0 bridgehead atoms. The lowest BCUT2D eigenvalue weighted by Crippen LogP contribution is -2.43. The monoisotopic (exact) mass is 265 g/mol. The normalized spacial score (nSPS) is 14.0. The number of hydrogen-bond acceptors (Lipinski definition) is 4. The van der Waals surface area contributed by atoms with Crippen LogP contribution in [0.2, 0.25) is 0 Å². The molecule has 2 unspecified atom stereocenters. The van der Waals surface area contributed by atoms with Crippen LogP contribution in [-0.4, -0.2) is 44.2 Å². The first-order valence-corrected chi connectivity index (χ1v) is 6.43. The third-order valence-corrected chi connectivity index (χ3v) is 3.56. The predicted molar refractivity (Wildman–Crippen MR) is 75.4 cm³/mol. The first kappa shape index (κ1) is 15.5. The second kappa shape index (κ2) is 7.14. The maximum atomic E-state index is 11.5. The Balaban J connectivity index is 2.73. The van der Waals surface area contributed by atoms with Crippen molar-refractivity contribution < 1.29 is 14.3 Å². The summed E-state index contributed by atoms with van der Waals surface area (Å²) in [5, 5.41) is 0. The second-order valence-corrected chi connectivity index (χ2v) is 4.73. The van der Waals surface area contributed by atoms with Crippen LogP contribution in [0.1, 0.15) is 19.4 Å². The van der Waals surface area contributed by atoms with Gasteiger partial charge in [-0.2, -0.15) is 0 Å². The van der Waals surface area contributed by atoms with Crippen LogP contribution in [0.4, 0.5) is 0 Å². The zero-order valence-corrected chi connectivity index (χ0v) is 12.3. The van der Waals surface area contributed by atoms with E-state index in [0.29, 0.717) is 0 Å². The molecule has 2 atom stereocenters. The molecule has 4 nitrogen and oxygen atoms in total. The molecule has 19 heavy (non-hydrogen) atoms. The maximum Gasteiger partial charge on any atom is 0.322 e. The SMILES string of the molecule is COC(=O)C(C)N(C)C(C)Cc1ccccc1OC. The summed E-state index contributed by atoms with van der Waals surface area (Å²) in [6.45, 7) is 3.94. The van der Waals surface area contributed by atoms with Crippen LogP contribution in [0.5, 0.6) is 5.75 Å². The molecule has 0 amide bonds. The van der Waals surface area contributed by atoms with Crippen LogP contribution in [0.25, 0.3) is 0 Å². The first-order chi connectivity index (χ1) is 9.01. The number of ether oxygens (including phenoxy) is 2. The second-order valence-electron chi connectivity index (χ2n) is 4.73. The Hall–Kier alpha value is -1.55. The molecule has 0 N–H and O–H groups in total. The molecule has 1 rings (SSSR count). The van der Waals surface area contributed by atoms with Crippen LogP contribution >= 0.6 is 0 Å². The summed E-state index contributed by atoms with van der Waals surface area (Å²) in [7, 11) is 5.02. The summed E-state index contributed by atoms with van der Waals surface area (Å²) < 4.78 is 10.1. The number of nitrogens with zero attached hydrogens (tertiary/aromatic N) is 1. The quantitative estimate of drug-likeness (QED) is 0.739. The zero-order chi connectivity index (χ0) is 14.4. The number of carbonyl (C=O) groups is 1. The lowest BCUT2D eigenvalue weighted by molar-refractivity contribution is -0.146. The highest BCUT2D eigenvalue weighted by molar-refractivity contribution is 5.75. The van der Waals surface area contributed by atoms with Crippen molar-refractivity contribution in [2.24, 2.45) is 0 Å². The van der Waals surface area contributed by atoms with Gasteiger partial charge < -0.3 is 9.47 Å². The molecule has 1 aromatic carbocycles. The average molecular weight is 265 g/mol. The van der Waals surface area contributed by atoms with Crippen molar-refractivity contribution in [1.29, 1.82) is 0 Å². The Labute approximate surface area is 115 Å². The Morgan fingerprint density at radius 2 is 1.89 bits per heavy atom. The summed E-state index contributed by atoms with van der Waals surface area (Å²) in [6.07, 6.45) is 0.821. The molecule has 0 fully saturated rings. The summed E-state index contributed by atoms with van der Waals surface area (Å²) in [5.41, 5.74) is 1.14. The fourth-order valence-electron chi connectivity index (χ4n) is 2.05. The Morgan fingerprint density at radius 3 is 2.47 bits per heavy atom. The highest BCUT2D eigenvalue weighted by Crippen LogP contribution is 2.20. The summed E-state index contributed by atoms with van der Waals surface area (Å²) >= 11 is 0. The van der Waals surface area contributed by atoms with E-state index >= 15 is 0 Å². The number of likely N-dealkylation sites (N-methyl/N-ethyl adjacent to an activating group) is 1. The van der Waals surface area contributed by atoms with Gasteiger partial charge >= 0.3 is 5.97 Å².